The number of nitrogens with one attached hydrogen (secondary N) is 2. The van der Waals surface area contributed by atoms with Crippen LogP contribution in [0.25, 0.3) is 0 Å². The minimum absolute atomic E-state index is 0.137. The van der Waals surface area contributed by atoms with Crippen molar-refractivity contribution in [3.05, 3.63) is 46.4 Å². The molecule has 28 heavy (non-hydrogen) atoms. The highest BCUT2D eigenvalue weighted by Crippen LogP contribution is 2.26. The zero-order chi connectivity index (χ0) is 19.7. The van der Waals surface area contributed by atoms with E-state index in [0.29, 0.717) is 18.7 Å². The maximum Gasteiger partial charge on any atom is 0.268 e. The lowest BCUT2D eigenvalue weighted by atomic mass is 9.94. The van der Waals surface area contributed by atoms with Gasteiger partial charge in [-0.05, 0) is 44.0 Å². The van der Waals surface area contributed by atoms with Crippen LogP contribution in [-0.4, -0.2) is 59.8 Å². The van der Waals surface area contributed by atoms with Gasteiger partial charge in [-0.1, -0.05) is 6.07 Å². The van der Waals surface area contributed by atoms with E-state index < -0.39 is 0 Å². The van der Waals surface area contributed by atoms with E-state index in [1.165, 1.54) is 0 Å². The number of nitrogens with zero attached hydrogens (tertiary/aromatic N) is 3. The lowest BCUT2D eigenvalue weighted by Crippen LogP contribution is -2.44. The average Bonchev–Trinajstić information content (AvgIpc) is 3.05. The Hall–Kier alpha value is -2.67. The number of ketones is 1. The first kappa shape index (κ1) is 18.7. The van der Waals surface area contributed by atoms with Crippen LogP contribution in [-0.2, 0) is 13.0 Å². The normalized spacial score (nSPS) is 17.5. The van der Waals surface area contributed by atoms with E-state index in [2.05, 4.69) is 32.1 Å². The molecule has 2 N–H and O–H groups in total. The van der Waals surface area contributed by atoms with Crippen molar-refractivity contribution >= 4 is 17.5 Å². The number of likely N-dealkylation sites (N-methyl/N-ethyl adjacent to an activating group) is 1. The van der Waals surface area contributed by atoms with Gasteiger partial charge in [-0.2, -0.15) is 0 Å². The van der Waals surface area contributed by atoms with Crippen molar-refractivity contribution in [2.45, 2.75) is 32.7 Å². The lowest BCUT2D eigenvalue weighted by Gasteiger charge is -2.33. The predicted molar refractivity (Wildman–Crippen MR) is 108 cm³/mol. The van der Waals surface area contributed by atoms with Gasteiger partial charge in [-0.3, -0.25) is 9.59 Å². The molecule has 7 nitrogen and oxygen atoms in total. The maximum atomic E-state index is 12.6. The van der Waals surface area contributed by atoms with Crippen molar-refractivity contribution in [2.75, 3.05) is 38.1 Å². The number of anilines is 1. The van der Waals surface area contributed by atoms with Crippen LogP contribution in [0.3, 0.4) is 0 Å². The first-order valence-corrected chi connectivity index (χ1v) is 9.94. The maximum absolute atomic E-state index is 12.6. The molecule has 2 aromatic rings. The summed E-state index contributed by atoms with van der Waals surface area (Å²) in [7, 11) is 2.13. The largest absolute Gasteiger partial charge is 0.354 e. The van der Waals surface area contributed by atoms with E-state index in [4.69, 9.17) is 0 Å². The molecule has 0 bridgehead atoms. The number of fused-ring (bicyclic) bond motifs is 1. The molecule has 3 heterocycles. The molecule has 0 atom stereocenters. The standard InChI is InChI=1S/C21H27N5O2/c1-14-19-16(4-3-5-17(19)27)24-20(14)21(28)23-13-15-6-7-18(22-12-15)26-10-8-25(2)9-11-26/h6-7,12,24H,3-5,8-11,13H2,1-2H3,(H,23,28). The van der Waals surface area contributed by atoms with Crippen LogP contribution in [0.2, 0.25) is 0 Å². The average molecular weight is 381 g/mol. The van der Waals surface area contributed by atoms with Gasteiger partial charge in [0.1, 0.15) is 11.5 Å². The quantitative estimate of drug-likeness (QED) is 0.846. The Morgan fingerprint density at radius 2 is 2.00 bits per heavy atom. The van der Waals surface area contributed by atoms with Gasteiger partial charge in [0.2, 0.25) is 0 Å². The third kappa shape index (κ3) is 3.67. The van der Waals surface area contributed by atoms with Gasteiger partial charge in [-0.25, -0.2) is 4.98 Å². The Kier molecular flexibility index (Phi) is 5.17. The fourth-order valence-corrected chi connectivity index (χ4v) is 4.02. The van der Waals surface area contributed by atoms with E-state index in [1.807, 2.05) is 25.3 Å². The summed E-state index contributed by atoms with van der Waals surface area (Å²) < 4.78 is 0. The molecule has 1 aliphatic heterocycles. The van der Waals surface area contributed by atoms with Crippen LogP contribution in [0.5, 0.6) is 0 Å². The number of aryl methyl sites for hydroxylation is 1. The molecule has 0 saturated carbocycles. The van der Waals surface area contributed by atoms with Crippen LogP contribution in [0, 0.1) is 6.92 Å². The number of aromatic nitrogens is 2. The number of carbonyl (C=O) groups excluding carboxylic acids is 2. The van der Waals surface area contributed by atoms with E-state index in [0.717, 1.165) is 67.2 Å². The minimum Gasteiger partial charge on any atom is -0.354 e. The fourth-order valence-electron chi connectivity index (χ4n) is 4.02. The van der Waals surface area contributed by atoms with Crippen molar-refractivity contribution in [3.8, 4) is 0 Å². The molecular formula is C21H27N5O2. The Bertz CT molecular complexity index is 879. The highest BCUT2D eigenvalue weighted by Gasteiger charge is 2.26. The molecule has 1 aliphatic carbocycles. The van der Waals surface area contributed by atoms with Gasteiger partial charge < -0.3 is 20.1 Å². The van der Waals surface area contributed by atoms with Crippen molar-refractivity contribution in [2.24, 2.45) is 0 Å². The fraction of sp³-hybridized carbons (Fsp3) is 0.476. The number of hydrogen-bond acceptors (Lipinski definition) is 5. The van der Waals surface area contributed by atoms with Gasteiger partial charge in [-0.15, -0.1) is 0 Å². The number of carbonyl (C=O) groups is 2. The summed E-state index contributed by atoms with van der Waals surface area (Å²) in [6.07, 6.45) is 4.06. The van der Waals surface area contributed by atoms with Gasteiger partial charge in [0.25, 0.3) is 5.91 Å². The van der Waals surface area contributed by atoms with Gasteiger partial charge >= 0.3 is 0 Å². The summed E-state index contributed by atoms with van der Waals surface area (Å²) in [5.74, 6) is 0.940. The predicted octanol–water partition coefficient (Wildman–Crippen LogP) is 1.92. The Balaban J connectivity index is 1.38. The highest BCUT2D eigenvalue weighted by atomic mass is 16.2. The highest BCUT2D eigenvalue weighted by molar-refractivity contribution is 6.04. The summed E-state index contributed by atoms with van der Waals surface area (Å²) in [4.78, 5) is 37.1. The van der Waals surface area contributed by atoms with E-state index in [-0.39, 0.29) is 11.7 Å². The van der Waals surface area contributed by atoms with E-state index >= 15 is 0 Å². The van der Waals surface area contributed by atoms with Crippen LogP contribution >= 0.6 is 0 Å². The minimum atomic E-state index is -0.178. The number of piperazine rings is 1. The van der Waals surface area contributed by atoms with Crippen molar-refractivity contribution in [1.82, 2.24) is 20.2 Å². The molecule has 0 spiro atoms. The van der Waals surface area contributed by atoms with Crippen molar-refractivity contribution < 1.29 is 9.59 Å². The first-order chi connectivity index (χ1) is 13.5. The lowest BCUT2D eigenvalue weighted by molar-refractivity contribution is 0.0945. The molecule has 7 heteroatoms. The SMILES string of the molecule is Cc1c(C(=O)NCc2ccc(N3CCN(C)CC3)nc2)[nH]c2c1C(=O)CCC2. The molecule has 0 unspecified atom stereocenters. The second-order valence-electron chi connectivity index (χ2n) is 7.75. The van der Waals surface area contributed by atoms with Crippen molar-refractivity contribution in [1.29, 1.82) is 0 Å². The molecule has 1 saturated heterocycles. The molecule has 0 aromatic carbocycles. The molecule has 1 fully saturated rings. The Morgan fingerprint density at radius 1 is 1.21 bits per heavy atom. The summed E-state index contributed by atoms with van der Waals surface area (Å²) in [5.41, 5.74) is 3.84. The number of amides is 1. The summed E-state index contributed by atoms with van der Waals surface area (Å²) in [5, 5.41) is 2.94. The Morgan fingerprint density at radius 3 is 2.68 bits per heavy atom. The summed E-state index contributed by atoms with van der Waals surface area (Å²) >= 11 is 0. The zero-order valence-corrected chi connectivity index (χ0v) is 16.5. The topological polar surface area (TPSA) is 81.3 Å². The molecule has 2 aromatic heterocycles. The second-order valence-corrected chi connectivity index (χ2v) is 7.75. The molecule has 2 aliphatic rings. The monoisotopic (exact) mass is 381 g/mol. The van der Waals surface area contributed by atoms with Crippen LogP contribution in [0.4, 0.5) is 5.82 Å². The van der Waals surface area contributed by atoms with Gasteiger partial charge in [0.05, 0.1) is 0 Å². The number of H-pyrrole nitrogens is 1. The zero-order valence-electron chi connectivity index (χ0n) is 16.5. The van der Waals surface area contributed by atoms with Gasteiger partial charge in [0.15, 0.2) is 5.78 Å². The summed E-state index contributed by atoms with van der Waals surface area (Å²) in [6.45, 7) is 6.30. The van der Waals surface area contributed by atoms with Crippen molar-refractivity contribution in [3.63, 3.8) is 0 Å². The second kappa shape index (κ2) is 7.75. The van der Waals surface area contributed by atoms with Crippen LogP contribution in [0.1, 0.15) is 50.5 Å². The third-order valence-electron chi connectivity index (χ3n) is 5.75. The third-order valence-corrected chi connectivity index (χ3v) is 5.75. The number of pyridine rings is 1. The molecule has 0 radical (unpaired) electrons. The van der Waals surface area contributed by atoms with Gasteiger partial charge in [0, 0.05) is 56.6 Å². The smallest absolute Gasteiger partial charge is 0.268 e. The number of hydrogen-bond donors (Lipinski definition) is 2. The molecule has 148 valence electrons. The van der Waals surface area contributed by atoms with Crippen LogP contribution in [0.15, 0.2) is 18.3 Å². The molecule has 4 rings (SSSR count). The molecule has 1 amide bonds. The Labute approximate surface area is 165 Å². The van der Waals surface area contributed by atoms with E-state index in [9.17, 15) is 9.59 Å². The van der Waals surface area contributed by atoms with E-state index in [1.54, 1.807) is 0 Å². The van der Waals surface area contributed by atoms with Crippen LogP contribution < -0.4 is 10.2 Å². The number of rotatable bonds is 4. The summed E-state index contributed by atoms with van der Waals surface area (Å²) in [6, 6.07) is 4.03. The number of Topliss-reactive ketones (excluding diaryl/α,β-unsaturated/α-hetero) is 1. The number of aromatic amines is 1. The first-order valence-electron chi connectivity index (χ1n) is 9.94. The molecular weight excluding hydrogens is 354 g/mol.